The Morgan fingerprint density at radius 1 is 1.19 bits per heavy atom. The lowest BCUT2D eigenvalue weighted by Gasteiger charge is -2.15. The number of nitrogens with two attached hydrogens (primary N) is 1. The first-order valence-corrected chi connectivity index (χ1v) is 8.83. The van der Waals surface area contributed by atoms with Gasteiger partial charge in [-0.15, -0.1) is 0 Å². The Balaban J connectivity index is 1.82. The summed E-state index contributed by atoms with van der Waals surface area (Å²) in [7, 11) is 0. The third-order valence-corrected chi connectivity index (χ3v) is 4.35. The zero-order valence-electron chi connectivity index (χ0n) is 15.0. The van der Waals surface area contributed by atoms with E-state index in [2.05, 4.69) is 10.3 Å². The third-order valence-electron chi connectivity index (χ3n) is 4.35. The number of primary amides is 1. The molecule has 0 fully saturated rings. The van der Waals surface area contributed by atoms with Crippen molar-refractivity contribution in [3.8, 4) is 11.3 Å². The first kappa shape index (κ1) is 18.6. The van der Waals surface area contributed by atoms with Gasteiger partial charge in [0.15, 0.2) is 0 Å². The Morgan fingerprint density at radius 2 is 1.93 bits per heavy atom. The summed E-state index contributed by atoms with van der Waals surface area (Å²) in [5, 5.41) is 2.69. The van der Waals surface area contributed by atoms with E-state index in [0.717, 1.165) is 18.4 Å². The Morgan fingerprint density at radius 3 is 2.59 bits per heavy atom. The molecule has 1 unspecified atom stereocenters. The molecule has 1 aromatic carbocycles. The topological polar surface area (TPSA) is 89.5 Å². The second-order valence-corrected chi connectivity index (χ2v) is 6.39. The standard InChI is InChI=1S/C20H21FN4O2/c1-2-3-4-16(19(22)26)24-20(27)14-7-10-18-23-17(12-25(18)11-14)13-5-8-15(21)9-6-13/h5-12,16H,2-4H2,1H3,(H2,22,26)(H,24,27). The predicted octanol–water partition coefficient (Wildman–Crippen LogP) is 2.91. The van der Waals surface area contributed by atoms with Crippen LogP contribution in [0.3, 0.4) is 0 Å². The molecule has 2 amide bonds. The van der Waals surface area contributed by atoms with Gasteiger partial charge in [0.2, 0.25) is 5.91 Å². The molecule has 0 saturated heterocycles. The van der Waals surface area contributed by atoms with Crippen LogP contribution in [0.25, 0.3) is 16.9 Å². The molecule has 0 aliphatic rings. The van der Waals surface area contributed by atoms with Crippen molar-refractivity contribution in [2.75, 3.05) is 0 Å². The van der Waals surface area contributed by atoms with Gasteiger partial charge < -0.3 is 15.5 Å². The van der Waals surface area contributed by atoms with Crippen LogP contribution in [0.2, 0.25) is 0 Å². The van der Waals surface area contributed by atoms with Crippen LogP contribution in [0, 0.1) is 5.82 Å². The molecular formula is C20H21FN4O2. The van der Waals surface area contributed by atoms with Gasteiger partial charge in [-0.2, -0.15) is 0 Å². The average molecular weight is 368 g/mol. The smallest absolute Gasteiger partial charge is 0.253 e. The highest BCUT2D eigenvalue weighted by molar-refractivity contribution is 5.97. The Hall–Kier alpha value is -3.22. The van der Waals surface area contributed by atoms with Crippen molar-refractivity contribution in [1.29, 1.82) is 0 Å². The Kier molecular flexibility index (Phi) is 5.49. The number of pyridine rings is 1. The molecule has 3 aromatic rings. The maximum absolute atomic E-state index is 13.1. The van der Waals surface area contributed by atoms with Gasteiger partial charge in [0.1, 0.15) is 17.5 Å². The zero-order chi connectivity index (χ0) is 19.4. The summed E-state index contributed by atoms with van der Waals surface area (Å²) in [5.74, 6) is -1.22. The maximum Gasteiger partial charge on any atom is 0.253 e. The number of hydrogen-bond donors (Lipinski definition) is 2. The van der Waals surface area contributed by atoms with E-state index in [9.17, 15) is 14.0 Å². The highest BCUT2D eigenvalue weighted by atomic mass is 19.1. The number of carbonyl (C=O) groups is 2. The van der Waals surface area contributed by atoms with Crippen LogP contribution < -0.4 is 11.1 Å². The van der Waals surface area contributed by atoms with Crippen LogP contribution in [-0.4, -0.2) is 27.2 Å². The van der Waals surface area contributed by atoms with Gasteiger partial charge >= 0.3 is 0 Å². The van der Waals surface area contributed by atoms with Crippen LogP contribution in [0.5, 0.6) is 0 Å². The van der Waals surface area contributed by atoms with E-state index < -0.39 is 11.9 Å². The number of unbranched alkanes of at least 4 members (excludes halogenated alkanes) is 1. The van der Waals surface area contributed by atoms with E-state index in [0.29, 0.717) is 23.3 Å². The molecule has 0 aliphatic heterocycles. The maximum atomic E-state index is 13.1. The summed E-state index contributed by atoms with van der Waals surface area (Å²) < 4.78 is 14.8. The molecule has 0 radical (unpaired) electrons. The van der Waals surface area contributed by atoms with E-state index in [1.54, 1.807) is 41.1 Å². The van der Waals surface area contributed by atoms with Crippen molar-refractivity contribution in [2.24, 2.45) is 5.73 Å². The van der Waals surface area contributed by atoms with E-state index in [1.807, 2.05) is 6.92 Å². The lowest BCUT2D eigenvalue weighted by Crippen LogP contribution is -2.44. The van der Waals surface area contributed by atoms with Gasteiger partial charge in [-0.3, -0.25) is 9.59 Å². The lowest BCUT2D eigenvalue weighted by molar-refractivity contribution is -0.120. The molecule has 2 heterocycles. The van der Waals surface area contributed by atoms with Crippen molar-refractivity contribution >= 4 is 17.5 Å². The van der Waals surface area contributed by atoms with E-state index in [-0.39, 0.29) is 11.7 Å². The van der Waals surface area contributed by atoms with Crippen LogP contribution in [0.15, 0.2) is 48.8 Å². The number of rotatable bonds is 7. The summed E-state index contributed by atoms with van der Waals surface area (Å²) in [6.45, 7) is 2.01. The summed E-state index contributed by atoms with van der Waals surface area (Å²) in [4.78, 5) is 28.5. The fourth-order valence-corrected chi connectivity index (χ4v) is 2.82. The van der Waals surface area contributed by atoms with Crippen molar-refractivity contribution in [3.63, 3.8) is 0 Å². The van der Waals surface area contributed by atoms with Gasteiger partial charge in [-0.1, -0.05) is 19.8 Å². The number of aromatic nitrogens is 2. The van der Waals surface area contributed by atoms with Crippen molar-refractivity contribution in [2.45, 2.75) is 32.2 Å². The second-order valence-electron chi connectivity index (χ2n) is 6.39. The quantitative estimate of drug-likeness (QED) is 0.672. The van der Waals surface area contributed by atoms with E-state index >= 15 is 0 Å². The Labute approximate surface area is 156 Å². The number of fused-ring (bicyclic) bond motifs is 1. The summed E-state index contributed by atoms with van der Waals surface area (Å²) in [6.07, 6.45) is 5.63. The minimum absolute atomic E-state index is 0.312. The summed E-state index contributed by atoms with van der Waals surface area (Å²) in [6, 6.07) is 8.71. The molecule has 27 heavy (non-hydrogen) atoms. The molecule has 0 aliphatic carbocycles. The molecular weight excluding hydrogens is 347 g/mol. The predicted molar refractivity (Wildman–Crippen MR) is 101 cm³/mol. The molecule has 6 nitrogen and oxygen atoms in total. The number of carbonyl (C=O) groups excluding carboxylic acids is 2. The molecule has 3 rings (SSSR count). The number of nitrogens with zero attached hydrogens (tertiary/aromatic N) is 2. The van der Waals surface area contributed by atoms with Gasteiger partial charge in [0.05, 0.1) is 11.3 Å². The van der Waals surface area contributed by atoms with Crippen molar-refractivity contribution in [3.05, 3.63) is 60.2 Å². The fourth-order valence-electron chi connectivity index (χ4n) is 2.82. The minimum atomic E-state index is -0.689. The van der Waals surface area contributed by atoms with E-state index in [4.69, 9.17) is 5.73 Å². The molecule has 0 saturated carbocycles. The highest BCUT2D eigenvalue weighted by Gasteiger charge is 2.18. The number of benzene rings is 1. The summed E-state index contributed by atoms with van der Waals surface area (Å²) in [5.41, 5.74) is 7.88. The van der Waals surface area contributed by atoms with Crippen LogP contribution in [0.4, 0.5) is 4.39 Å². The van der Waals surface area contributed by atoms with Gasteiger partial charge in [0, 0.05) is 18.0 Å². The average Bonchev–Trinajstić information content (AvgIpc) is 3.08. The second kappa shape index (κ2) is 7.99. The fraction of sp³-hybridized carbons (Fsp3) is 0.250. The first-order chi connectivity index (χ1) is 13.0. The van der Waals surface area contributed by atoms with Gasteiger partial charge in [-0.25, -0.2) is 9.37 Å². The minimum Gasteiger partial charge on any atom is -0.368 e. The zero-order valence-corrected chi connectivity index (χ0v) is 15.0. The van der Waals surface area contributed by atoms with Crippen molar-refractivity contribution < 1.29 is 14.0 Å². The third kappa shape index (κ3) is 4.31. The molecule has 1 atom stereocenters. The van der Waals surface area contributed by atoms with Crippen molar-refractivity contribution in [1.82, 2.24) is 14.7 Å². The number of nitrogens with one attached hydrogen (secondary N) is 1. The molecule has 0 bridgehead atoms. The SMILES string of the molecule is CCCCC(NC(=O)c1ccc2nc(-c3ccc(F)cc3)cn2c1)C(N)=O. The number of hydrogen-bond acceptors (Lipinski definition) is 3. The lowest BCUT2D eigenvalue weighted by atomic mass is 10.1. The first-order valence-electron chi connectivity index (χ1n) is 8.83. The van der Waals surface area contributed by atoms with Crippen LogP contribution in [-0.2, 0) is 4.79 Å². The largest absolute Gasteiger partial charge is 0.368 e. The Bertz CT molecular complexity index is 966. The van der Waals surface area contributed by atoms with Crippen LogP contribution in [0.1, 0.15) is 36.5 Å². The number of amides is 2. The van der Waals surface area contributed by atoms with Gasteiger partial charge in [0.25, 0.3) is 5.91 Å². The summed E-state index contributed by atoms with van der Waals surface area (Å²) >= 11 is 0. The monoisotopic (exact) mass is 368 g/mol. The van der Waals surface area contributed by atoms with E-state index in [1.165, 1.54) is 12.1 Å². The highest BCUT2D eigenvalue weighted by Crippen LogP contribution is 2.20. The molecule has 0 spiro atoms. The number of imidazole rings is 1. The molecule has 2 aromatic heterocycles. The molecule has 140 valence electrons. The van der Waals surface area contributed by atoms with Gasteiger partial charge in [-0.05, 0) is 42.8 Å². The molecule has 3 N–H and O–H groups in total. The molecule has 7 heteroatoms. The normalized spacial score (nSPS) is 12.1. The van der Waals surface area contributed by atoms with Crippen LogP contribution >= 0.6 is 0 Å². The number of halogens is 1.